The van der Waals surface area contributed by atoms with Crippen LogP contribution in [0.4, 0.5) is 0 Å². The molecular weight excluding hydrogens is 278 g/mol. The van der Waals surface area contributed by atoms with Crippen LogP contribution in [-0.2, 0) is 6.54 Å². The second kappa shape index (κ2) is 6.22. The minimum atomic E-state index is -0.170. The molecule has 3 aromatic rings. The molecule has 0 fully saturated rings. The predicted molar refractivity (Wildman–Crippen MR) is 82.1 cm³/mol. The van der Waals surface area contributed by atoms with E-state index in [1.807, 2.05) is 49.4 Å². The summed E-state index contributed by atoms with van der Waals surface area (Å²) in [5.74, 6) is 0.667. The molecule has 2 aromatic carbocycles. The number of hydrogen-bond donors (Lipinski definition) is 1. The lowest BCUT2D eigenvalue weighted by Gasteiger charge is -2.02. The van der Waals surface area contributed by atoms with Crippen LogP contribution in [0, 0.1) is 6.92 Å². The molecule has 0 saturated carbocycles. The quantitative estimate of drug-likeness (QED) is 0.803. The first-order valence-corrected chi connectivity index (χ1v) is 6.95. The highest BCUT2D eigenvalue weighted by molar-refractivity contribution is 5.93. The molecule has 0 aliphatic carbocycles. The van der Waals surface area contributed by atoms with Gasteiger partial charge in [0.25, 0.3) is 5.91 Å². The Morgan fingerprint density at radius 2 is 1.77 bits per heavy atom. The van der Waals surface area contributed by atoms with Crippen molar-refractivity contribution in [2.75, 3.05) is 0 Å². The number of aromatic nitrogens is 2. The van der Waals surface area contributed by atoms with Gasteiger partial charge in [-0.05, 0) is 30.7 Å². The molecule has 1 heterocycles. The van der Waals surface area contributed by atoms with Crippen molar-refractivity contribution >= 4 is 5.91 Å². The highest BCUT2D eigenvalue weighted by Gasteiger charge is 2.11. The average molecular weight is 293 g/mol. The van der Waals surface area contributed by atoms with Gasteiger partial charge in [-0.2, -0.15) is 0 Å². The average Bonchev–Trinajstić information content (AvgIpc) is 3.02. The van der Waals surface area contributed by atoms with Crippen molar-refractivity contribution in [2.45, 2.75) is 13.5 Å². The molecule has 0 aliphatic rings. The fraction of sp³-hybridized carbons (Fsp3) is 0.118. The maximum Gasteiger partial charge on any atom is 0.251 e. The van der Waals surface area contributed by atoms with Crippen molar-refractivity contribution in [3.8, 4) is 11.5 Å². The number of carbonyl (C=O) groups excluding carboxylic acids is 1. The summed E-state index contributed by atoms with van der Waals surface area (Å²) in [5.41, 5.74) is 2.56. The van der Waals surface area contributed by atoms with Gasteiger partial charge in [0.2, 0.25) is 11.8 Å². The summed E-state index contributed by atoms with van der Waals surface area (Å²) >= 11 is 0. The largest absolute Gasteiger partial charge is 0.419 e. The summed E-state index contributed by atoms with van der Waals surface area (Å²) in [6.07, 6.45) is 0. The van der Waals surface area contributed by atoms with Crippen LogP contribution in [0.1, 0.15) is 21.8 Å². The third kappa shape index (κ3) is 3.03. The van der Waals surface area contributed by atoms with Gasteiger partial charge in [-0.25, -0.2) is 0 Å². The van der Waals surface area contributed by atoms with E-state index in [1.165, 1.54) is 0 Å². The van der Waals surface area contributed by atoms with Crippen LogP contribution in [0.25, 0.3) is 11.5 Å². The number of amides is 1. The zero-order valence-electron chi connectivity index (χ0n) is 12.1. The topological polar surface area (TPSA) is 68.0 Å². The molecule has 0 bridgehead atoms. The number of nitrogens with zero attached hydrogens (tertiary/aromatic N) is 2. The first-order chi connectivity index (χ1) is 10.7. The smallest absolute Gasteiger partial charge is 0.251 e. The monoisotopic (exact) mass is 293 g/mol. The van der Waals surface area contributed by atoms with Gasteiger partial charge in [0, 0.05) is 11.1 Å². The Balaban J connectivity index is 1.68. The summed E-state index contributed by atoms with van der Waals surface area (Å²) in [6, 6.07) is 16.8. The minimum absolute atomic E-state index is 0.170. The molecule has 5 nitrogen and oxygen atoms in total. The molecule has 0 unspecified atom stereocenters. The Hall–Kier alpha value is -2.95. The van der Waals surface area contributed by atoms with Crippen LogP contribution in [0.15, 0.2) is 59.0 Å². The standard InChI is InChI=1S/C17H15N3O2/c1-12-7-5-6-10-14(12)17-20-19-15(22-17)11-18-16(21)13-8-3-2-4-9-13/h2-10H,11H2,1H3,(H,18,21). The lowest BCUT2D eigenvalue weighted by atomic mass is 10.1. The summed E-state index contributed by atoms with van der Waals surface area (Å²) in [6.45, 7) is 2.18. The number of hydrogen-bond acceptors (Lipinski definition) is 4. The number of aryl methyl sites for hydroxylation is 1. The van der Waals surface area contributed by atoms with Gasteiger partial charge in [0.05, 0.1) is 6.54 Å². The van der Waals surface area contributed by atoms with Gasteiger partial charge in [0.15, 0.2) is 0 Å². The lowest BCUT2D eigenvalue weighted by Crippen LogP contribution is -2.22. The third-order valence-electron chi connectivity index (χ3n) is 3.28. The number of benzene rings is 2. The normalized spacial score (nSPS) is 10.4. The minimum Gasteiger partial charge on any atom is -0.419 e. The third-order valence-corrected chi connectivity index (χ3v) is 3.28. The Bertz CT molecular complexity index is 781. The highest BCUT2D eigenvalue weighted by atomic mass is 16.4. The first kappa shape index (κ1) is 14.0. The van der Waals surface area contributed by atoms with Crippen LogP contribution in [0.2, 0.25) is 0 Å². The van der Waals surface area contributed by atoms with E-state index in [-0.39, 0.29) is 12.5 Å². The van der Waals surface area contributed by atoms with Crippen molar-refractivity contribution in [1.82, 2.24) is 15.5 Å². The van der Waals surface area contributed by atoms with Gasteiger partial charge in [0.1, 0.15) is 0 Å². The highest BCUT2D eigenvalue weighted by Crippen LogP contribution is 2.21. The maximum atomic E-state index is 11.9. The lowest BCUT2D eigenvalue weighted by molar-refractivity contribution is 0.0947. The van der Waals surface area contributed by atoms with Crippen LogP contribution >= 0.6 is 0 Å². The van der Waals surface area contributed by atoms with Crippen LogP contribution in [0.5, 0.6) is 0 Å². The number of rotatable bonds is 4. The van der Waals surface area contributed by atoms with E-state index in [0.29, 0.717) is 17.3 Å². The van der Waals surface area contributed by atoms with Crippen molar-refractivity contribution in [3.05, 3.63) is 71.6 Å². The molecule has 3 rings (SSSR count). The van der Waals surface area contributed by atoms with Crippen molar-refractivity contribution in [1.29, 1.82) is 0 Å². The first-order valence-electron chi connectivity index (χ1n) is 6.95. The SMILES string of the molecule is Cc1ccccc1-c1nnc(CNC(=O)c2ccccc2)o1. The van der Waals surface area contributed by atoms with E-state index < -0.39 is 0 Å². The maximum absolute atomic E-state index is 11.9. The number of nitrogens with one attached hydrogen (secondary N) is 1. The molecule has 5 heteroatoms. The summed E-state index contributed by atoms with van der Waals surface area (Å²) in [4.78, 5) is 11.9. The summed E-state index contributed by atoms with van der Waals surface area (Å²) in [5, 5.41) is 10.8. The van der Waals surface area contributed by atoms with Crippen molar-refractivity contribution < 1.29 is 9.21 Å². The van der Waals surface area contributed by atoms with Crippen LogP contribution < -0.4 is 5.32 Å². The molecule has 0 aliphatic heterocycles. The van der Waals surface area contributed by atoms with E-state index >= 15 is 0 Å². The fourth-order valence-electron chi connectivity index (χ4n) is 2.09. The van der Waals surface area contributed by atoms with E-state index in [4.69, 9.17) is 4.42 Å². The molecule has 22 heavy (non-hydrogen) atoms. The Morgan fingerprint density at radius 3 is 2.55 bits per heavy atom. The van der Waals surface area contributed by atoms with Gasteiger partial charge >= 0.3 is 0 Å². The van der Waals surface area contributed by atoms with E-state index in [0.717, 1.165) is 11.1 Å². The van der Waals surface area contributed by atoms with Gasteiger partial charge in [-0.15, -0.1) is 10.2 Å². The van der Waals surface area contributed by atoms with E-state index in [1.54, 1.807) is 12.1 Å². The molecule has 0 saturated heterocycles. The molecule has 0 radical (unpaired) electrons. The van der Waals surface area contributed by atoms with Gasteiger partial charge in [-0.1, -0.05) is 36.4 Å². The van der Waals surface area contributed by atoms with E-state index in [9.17, 15) is 4.79 Å². The molecule has 1 N–H and O–H groups in total. The molecule has 0 atom stereocenters. The molecule has 0 spiro atoms. The number of carbonyl (C=O) groups is 1. The van der Waals surface area contributed by atoms with Gasteiger partial charge in [-0.3, -0.25) is 4.79 Å². The second-order valence-corrected chi connectivity index (χ2v) is 4.86. The molecule has 1 amide bonds. The zero-order chi connectivity index (χ0) is 15.4. The fourth-order valence-corrected chi connectivity index (χ4v) is 2.09. The van der Waals surface area contributed by atoms with Crippen LogP contribution in [0.3, 0.4) is 0 Å². The van der Waals surface area contributed by atoms with Crippen LogP contribution in [-0.4, -0.2) is 16.1 Å². The Labute approximate surface area is 128 Å². The van der Waals surface area contributed by atoms with Crippen molar-refractivity contribution in [2.24, 2.45) is 0 Å². The Morgan fingerprint density at radius 1 is 1.05 bits per heavy atom. The zero-order valence-corrected chi connectivity index (χ0v) is 12.1. The summed E-state index contributed by atoms with van der Waals surface area (Å²) < 4.78 is 5.60. The molecular formula is C17H15N3O2. The Kier molecular flexibility index (Phi) is 3.96. The van der Waals surface area contributed by atoms with Gasteiger partial charge < -0.3 is 9.73 Å². The predicted octanol–water partition coefficient (Wildman–Crippen LogP) is 2.98. The molecule has 1 aromatic heterocycles. The molecule has 110 valence electrons. The van der Waals surface area contributed by atoms with E-state index in [2.05, 4.69) is 15.5 Å². The van der Waals surface area contributed by atoms with Crippen molar-refractivity contribution in [3.63, 3.8) is 0 Å². The second-order valence-electron chi connectivity index (χ2n) is 4.86. The summed E-state index contributed by atoms with van der Waals surface area (Å²) in [7, 11) is 0.